The van der Waals surface area contributed by atoms with Crippen LogP contribution < -0.4 is 0 Å². The Morgan fingerprint density at radius 2 is 0.533 bits per heavy atom. The van der Waals surface area contributed by atoms with Crippen LogP contribution in [0.3, 0.4) is 0 Å². The van der Waals surface area contributed by atoms with Gasteiger partial charge in [0.05, 0.1) is 55.5 Å². The van der Waals surface area contributed by atoms with Gasteiger partial charge in [0.2, 0.25) is 0 Å². The Hall–Kier alpha value is -13.8. The van der Waals surface area contributed by atoms with Crippen molar-refractivity contribution in [3.63, 3.8) is 0 Å². The summed E-state index contributed by atoms with van der Waals surface area (Å²) >= 11 is 0. The highest BCUT2D eigenvalue weighted by atomic mass is 15.0. The summed E-state index contributed by atoms with van der Waals surface area (Å²) < 4.78 is 9.85. The van der Waals surface area contributed by atoms with Gasteiger partial charge >= 0.3 is 0 Å². The summed E-state index contributed by atoms with van der Waals surface area (Å²) in [6, 6.07) is 135. The quantitative estimate of drug-likeness (QED) is 0.164. The van der Waals surface area contributed by atoms with Crippen LogP contribution in [-0.2, 0) is 5.41 Å². The third-order valence-corrected chi connectivity index (χ3v) is 23.9. The van der Waals surface area contributed by atoms with Crippen LogP contribution in [0.25, 0.3) is 210 Å². The molecule has 6 heterocycles. The molecule has 107 heavy (non-hydrogen) atoms. The van der Waals surface area contributed by atoms with E-state index >= 15 is 0 Å². The molecule has 0 N–H and O–H groups in total. The van der Waals surface area contributed by atoms with Gasteiger partial charge in [-0.15, -0.1) is 0 Å². The number of rotatable bonds is 5. The fourth-order valence-electron chi connectivity index (χ4n) is 19.0. The molecular weight excluding hydrogens is 1290 g/mol. The van der Waals surface area contributed by atoms with Crippen LogP contribution in [0.5, 0.6) is 0 Å². The summed E-state index contributed by atoms with van der Waals surface area (Å²) in [4.78, 5) is 0. The molecule has 17 aromatic carbocycles. The molecule has 1 aliphatic carbocycles. The van der Waals surface area contributed by atoms with Crippen LogP contribution in [0.2, 0.25) is 0 Å². The molecule has 0 saturated heterocycles. The molecule has 4 heteroatoms. The molecule has 2 aliphatic heterocycles. The maximum atomic E-state index is 2.49. The maximum Gasteiger partial charge on any atom is 0.0619 e. The minimum absolute atomic E-state index is 0.0551. The van der Waals surface area contributed by atoms with Crippen molar-refractivity contribution >= 4 is 98.0 Å². The van der Waals surface area contributed by atoms with Crippen LogP contribution in [0.4, 0.5) is 0 Å². The number of hydrogen-bond acceptors (Lipinski definition) is 0. The lowest BCUT2D eigenvalue weighted by molar-refractivity contribution is 0.660. The van der Waals surface area contributed by atoms with Crippen LogP contribution in [0, 0.1) is 0 Å². The van der Waals surface area contributed by atoms with E-state index in [9.17, 15) is 0 Å². The largest absolute Gasteiger partial charge is 0.309 e. The van der Waals surface area contributed by atoms with Gasteiger partial charge in [-0.1, -0.05) is 275 Å². The third-order valence-electron chi connectivity index (χ3n) is 23.9. The minimum Gasteiger partial charge on any atom is -0.309 e. The van der Waals surface area contributed by atoms with Gasteiger partial charge in [-0.05, 0) is 192 Å². The van der Waals surface area contributed by atoms with Gasteiger partial charge in [0.25, 0.3) is 0 Å². The van der Waals surface area contributed by atoms with Gasteiger partial charge in [0.1, 0.15) is 0 Å². The monoisotopic (exact) mass is 1360 g/mol. The van der Waals surface area contributed by atoms with E-state index in [1.165, 1.54) is 215 Å². The van der Waals surface area contributed by atoms with Gasteiger partial charge in [-0.25, -0.2) is 0 Å². The normalized spacial score (nSPS) is 12.8. The van der Waals surface area contributed by atoms with Crippen LogP contribution >= 0.6 is 0 Å². The first-order valence-corrected chi connectivity index (χ1v) is 37.3. The second-order valence-electron chi connectivity index (χ2n) is 29.8. The van der Waals surface area contributed by atoms with Crippen molar-refractivity contribution in [1.82, 2.24) is 18.3 Å². The molecule has 0 radical (unpaired) electrons. The molecule has 21 aromatic rings. The lowest BCUT2D eigenvalue weighted by Crippen LogP contribution is -2.15. The highest BCUT2D eigenvalue weighted by Crippen LogP contribution is 2.53. The number of hydrogen-bond donors (Lipinski definition) is 0. The fourth-order valence-corrected chi connectivity index (χ4v) is 19.0. The molecule has 0 fully saturated rings. The standard InChI is InChI=1S/C52H32N2.C51H34N2/c1-2-11-35-30-36(21-20-33(35)10-1)34-22-26-39(27-23-34)53-48-18-7-6-15-43(48)46-31-37(24-28-50(46)53)38-25-29-51-47(32-38)45-17-9-16-44-41-13-4-3-12-40(41)42-14-5-8-19-49(42)54(51)52(44)45;1-51(2)44-19-8-5-14-36(44)37-25-24-33(30-45(37)51)52-46-20-9-7-16-39(46)42-28-31(22-26-48(42)52)32-23-27-49-43(29-32)41-18-11-17-40-35-13-4-3-12-34(35)38-15-6-10-21-47(38)53(49)50(40)41/h1-32H;3-30H,1-2H3. The van der Waals surface area contributed by atoms with Gasteiger partial charge in [0, 0.05) is 82.1 Å². The van der Waals surface area contributed by atoms with Crippen LogP contribution in [-0.4, -0.2) is 18.3 Å². The SMILES string of the molecule is CC1(C)c2ccccc2-c2ccc(-n3c4ccccc4c4cc(-c5ccc6c(c5)c5cccc7c5n6-c5ccccc5-c5ccccc5-7)ccc43)cc21.c1ccc2c(c1)-c1ccccc1-n1c3ccc(-c4ccc5c(c4)c4ccccc4n5-c4ccc(-c5ccc6ccccc6c5)cc4)cc3c3cccc-2c31. The predicted octanol–water partition coefficient (Wildman–Crippen LogP) is 27.5. The zero-order chi connectivity index (χ0) is 70.3. The van der Waals surface area contributed by atoms with Crippen molar-refractivity contribution < 1.29 is 0 Å². The second kappa shape index (κ2) is 22.6. The lowest BCUT2D eigenvalue weighted by atomic mass is 9.82. The smallest absolute Gasteiger partial charge is 0.0619 e. The first kappa shape index (κ1) is 59.7. The molecule has 4 aromatic heterocycles. The highest BCUT2D eigenvalue weighted by Gasteiger charge is 2.36. The molecule has 4 nitrogen and oxygen atoms in total. The fraction of sp³-hybridized carbons (Fsp3) is 0.0291. The number of fused-ring (bicyclic) bond motifs is 26. The van der Waals surface area contributed by atoms with E-state index in [1.54, 1.807) is 0 Å². The Kier molecular flexibility index (Phi) is 12.6. The average Bonchev–Trinajstić information content (AvgIpc) is 1.57. The molecule has 24 rings (SSSR count). The van der Waals surface area contributed by atoms with Crippen molar-refractivity contribution in [2.45, 2.75) is 19.3 Å². The minimum atomic E-state index is -0.0551. The van der Waals surface area contributed by atoms with E-state index in [0.717, 1.165) is 5.69 Å². The molecule has 0 unspecified atom stereocenters. The van der Waals surface area contributed by atoms with Gasteiger partial charge < -0.3 is 18.3 Å². The first-order valence-electron chi connectivity index (χ1n) is 37.3. The second-order valence-corrected chi connectivity index (χ2v) is 29.8. The summed E-state index contributed by atoms with van der Waals surface area (Å²) in [5.41, 5.74) is 37.7. The van der Waals surface area contributed by atoms with E-state index in [4.69, 9.17) is 0 Å². The number of para-hydroxylation sites is 6. The first-order chi connectivity index (χ1) is 52.8. The predicted molar refractivity (Wildman–Crippen MR) is 450 cm³/mol. The van der Waals surface area contributed by atoms with E-state index < -0.39 is 0 Å². The molecule has 0 saturated carbocycles. The summed E-state index contributed by atoms with van der Waals surface area (Å²) in [6.07, 6.45) is 0. The Morgan fingerprint density at radius 1 is 0.187 bits per heavy atom. The molecule has 0 bridgehead atoms. The molecule has 498 valence electrons. The molecule has 3 aliphatic rings. The summed E-state index contributed by atoms with van der Waals surface area (Å²) in [5.74, 6) is 0. The number of benzene rings is 17. The van der Waals surface area contributed by atoms with Crippen molar-refractivity contribution in [1.29, 1.82) is 0 Å². The zero-order valence-electron chi connectivity index (χ0n) is 58.9. The molecule has 0 amide bonds. The van der Waals surface area contributed by atoms with Crippen LogP contribution in [0.15, 0.2) is 364 Å². The number of aromatic nitrogens is 4. The molecule has 0 spiro atoms. The Morgan fingerprint density at radius 3 is 1.07 bits per heavy atom. The highest BCUT2D eigenvalue weighted by molar-refractivity contribution is 6.20. The topological polar surface area (TPSA) is 19.7 Å². The molecule has 0 atom stereocenters. The Labute approximate surface area is 618 Å². The van der Waals surface area contributed by atoms with Crippen molar-refractivity contribution in [2.75, 3.05) is 0 Å². The third kappa shape index (κ3) is 8.67. The lowest BCUT2D eigenvalue weighted by Gasteiger charge is -2.22. The van der Waals surface area contributed by atoms with Gasteiger partial charge in [0.15, 0.2) is 0 Å². The van der Waals surface area contributed by atoms with E-state index in [1.807, 2.05) is 0 Å². The summed E-state index contributed by atoms with van der Waals surface area (Å²) in [7, 11) is 0. The maximum absolute atomic E-state index is 2.49. The number of nitrogens with zero attached hydrogens (tertiary/aromatic N) is 4. The van der Waals surface area contributed by atoms with Gasteiger partial charge in [-0.3, -0.25) is 0 Å². The van der Waals surface area contributed by atoms with Crippen molar-refractivity contribution in [2.24, 2.45) is 0 Å². The van der Waals surface area contributed by atoms with E-state index in [2.05, 4.69) is 396 Å². The Balaban J connectivity index is 0.000000130. The van der Waals surface area contributed by atoms with Crippen LogP contribution in [0.1, 0.15) is 25.0 Å². The summed E-state index contributed by atoms with van der Waals surface area (Å²) in [5, 5.41) is 12.7. The summed E-state index contributed by atoms with van der Waals surface area (Å²) in [6.45, 7) is 4.72. The van der Waals surface area contributed by atoms with Crippen molar-refractivity contribution in [3.8, 4) is 112 Å². The van der Waals surface area contributed by atoms with Crippen molar-refractivity contribution in [3.05, 3.63) is 375 Å². The zero-order valence-corrected chi connectivity index (χ0v) is 58.9. The van der Waals surface area contributed by atoms with E-state index in [0.29, 0.717) is 0 Å². The Bertz CT molecular complexity index is 7400. The van der Waals surface area contributed by atoms with Gasteiger partial charge in [-0.2, -0.15) is 0 Å². The van der Waals surface area contributed by atoms with E-state index in [-0.39, 0.29) is 5.41 Å². The molecular formula is C103H66N4. The average molecular weight is 1360 g/mol.